The Labute approximate surface area is 161 Å². The predicted octanol–water partition coefficient (Wildman–Crippen LogP) is 4.20. The summed E-state index contributed by atoms with van der Waals surface area (Å²) in [6.45, 7) is 1.65. The van der Waals surface area contributed by atoms with Crippen LogP contribution < -0.4 is 9.47 Å². The Morgan fingerprint density at radius 1 is 1.04 bits per heavy atom. The van der Waals surface area contributed by atoms with Gasteiger partial charge in [-0.2, -0.15) is 0 Å². The van der Waals surface area contributed by atoms with Crippen molar-refractivity contribution >= 4 is 12.0 Å². The maximum Gasteiger partial charge on any atom is 0.246 e. The molecule has 0 spiro atoms. The van der Waals surface area contributed by atoms with Crippen molar-refractivity contribution in [3.63, 3.8) is 0 Å². The number of likely N-dealkylation sites (tertiary alicyclic amines) is 1. The Bertz CT molecular complexity index is 777. The minimum absolute atomic E-state index is 0.0722. The Morgan fingerprint density at radius 2 is 1.74 bits per heavy atom. The lowest BCUT2D eigenvalue weighted by atomic mass is 9.90. The number of piperidine rings is 1. The van der Waals surface area contributed by atoms with E-state index in [4.69, 9.17) is 9.47 Å². The third kappa shape index (κ3) is 5.13. The highest BCUT2D eigenvalue weighted by atomic mass is 16.5. The molecule has 1 amide bonds. The second kappa shape index (κ2) is 9.26. The standard InChI is InChI=1S/C23H27NO3/c1-26-21-10-8-19(17-22(21)27-2)9-11-23(25)24-14-12-20(13-15-24)16-18-6-4-3-5-7-18/h3-11,17,20H,12-16H2,1-2H3/b11-9-. The molecule has 3 rings (SSSR count). The van der Waals surface area contributed by atoms with Crippen molar-refractivity contribution in [2.45, 2.75) is 19.3 Å². The molecular weight excluding hydrogens is 338 g/mol. The van der Waals surface area contributed by atoms with Gasteiger partial charge in [-0.1, -0.05) is 36.4 Å². The minimum Gasteiger partial charge on any atom is -0.493 e. The van der Waals surface area contributed by atoms with E-state index in [0.29, 0.717) is 17.4 Å². The summed E-state index contributed by atoms with van der Waals surface area (Å²) in [5, 5.41) is 0. The topological polar surface area (TPSA) is 38.8 Å². The maximum atomic E-state index is 12.5. The first-order valence-corrected chi connectivity index (χ1v) is 9.42. The summed E-state index contributed by atoms with van der Waals surface area (Å²) in [5.74, 6) is 2.07. The smallest absolute Gasteiger partial charge is 0.246 e. The first-order chi connectivity index (χ1) is 13.2. The molecule has 0 aliphatic carbocycles. The monoisotopic (exact) mass is 365 g/mol. The summed E-state index contributed by atoms with van der Waals surface area (Å²) in [6, 6.07) is 16.2. The molecule has 4 heteroatoms. The van der Waals surface area contributed by atoms with Gasteiger partial charge in [0, 0.05) is 19.2 Å². The molecule has 4 nitrogen and oxygen atoms in total. The molecule has 0 radical (unpaired) electrons. The zero-order valence-corrected chi connectivity index (χ0v) is 16.1. The molecule has 0 N–H and O–H groups in total. The fraction of sp³-hybridized carbons (Fsp3) is 0.348. The zero-order chi connectivity index (χ0) is 19.1. The molecule has 0 saturated carbocycles. The number of ether oxygens (including phenoxy) is 2. The molecule has 0 bridgehead atoms. The van der Waals surface area contributed by atoms with Gasteiger partial charge in [0.2, 0.25) is 5.91 Å². The highest BCUT2D eigenvalue weighted by Crippen LogP contribution is 2.28. The minimum atomic E-state index is 0.0722. The molecule has 1 fully saturated rings. The molecule has 1 heterocycles. The number of carbonyl (C=O) groups is 1. The van der Waals surface area contributed by atoms with Crippen molar-refractivity contribution in [2.75, 3.05) is 27.3 Å². The lowest BCUT2D eigenvalue weighted by molar-refractivity contribution is -0.127. The van der Waals surface area contributed by atoms with Gasteiger partial charge in [-0.15, -0.1) is 0 Å². The highest BCUT2D eigenvalue weighted by Gasteiger charge is 2.21. The Morgan fingerprint density at radius 3 is 2.41 bits per heavy atom. The van der Waals surface area contributed by atoms with Gasteiger partial charge >= 0.3 is 0 Å². The first kappa shape index (κ1) is 19.0. The average molecular weight is 365 g/mol. The first-order valence-electron chi connectivity index (χ1n) is 9.42. The summed E-state index contributed by atoms with van der Waals surface area (Å²) < 4.78 is 10.5. The van der Waals surface area contributed by atoms with Gasteiger partial charge < -0.3 is 14.4 Å². The van der Waals surface area contributed by atoms with Gasteiger partial charge in [0.25, 0.3) is 0 Å². The zero-order valence-electron chi connectivity index (χ0n) is 16.1. The lowest BCUT2D eigenvalue weighted by Crippen LogP contribution is -2.37. The highest BCUT2D eigenvalue weighted by molar-refractivity contribution is 5.91. The largest absolute Gasteiger partial charge is 0.493 e. The predicted molar refractivity (Wildman–Crippen MR) is 108 cm³/mol. The third-order valence-corrected chi connectivity index (χ3v) is 5.12. The van der Waals surface area contributed by atoms with E-state index < -0.39 is 0 Å². The molecule has 142 valence electrons. The van der Waals surface area contributed by atoms with Crippen LogP contribution >= 0.6 is 0 Å². The van der Waals surface area contributed by atoms with E-state index in [1.807, 2.05) is 29.2 Å². The number of rotatable bonds is 6. The average Bonchev–Trinajstić information content (AvgIpc) is 2.73. The SMILES string of the molecule is COc1ccc(/C=C\C(=O)N2CCC(Cc3ccccc3)CC2)cc1OC. The van der Waals surface area contributed by atoms with Crippen LogP contribution in [0.1, 0.15) is 24.0 Å². The number of hydrogen-bond donors (Lipinski definition) is 0. The number of benzene rings is 2. The van der Waals surface area contributed by atoms with Crippen molar-refractivity contribution in [3.8, 4) is 11.5 Å². The van der Waals surface area contributed by atoms with Crippen LogP contribution in [0.15, 0.2) is 54.6 Å². The van der Waals surface area contributed by atoms with Crippen LogP contribution in [-0.4, -0.2) is 38.1 Å². The Balaban J connectivity index is 1.53. The van der Waals surface area contributed by atoms with Crippen molar-refractivity contribution < 1.29 is 14.3 Å². The Hall–Kier alpha value is -2.75. The van der Waals surface area contributed by atoms with E-state index in [9.17, 15) is 4.79 Å². The van der Waals surface area contributed by atoms with E-state index in [-0.39, 0.29) is 5.91 Å². The van der Waals surface area contributed by atoms with Crippen LogP contribution in [0.25, 0.3) is 6.08 Å². The van der Waals surface area contributed by atoms with Crippen molar-refractivity contribution in [1.82, 2.24) is 4.90 Å². The molecule has 1 aliphatic heterocycles. The van der Waals surface area contributed by atoms with Crippen molar-refractivity contribution in [2.24, 2.45) is 5.92 Å². The van der Waals surface area contributed by atoms with E-state index in [1.165, 1.54) is 5.56 Å². The summed E-state index contributed by atoms with van der Waals surface area (Å²) >= 11 is 0. The van der Waals surface area contributed by atoms with Gasteiger partial charge in [0.15, 0.2) is 11.5 Å². The summed E-state index contributed by atoms with van der Waals surface area (Å²) in [5.41, 5.74) is 2.30. The fourth-order valence-electron chi connectivity index (χ4n) is 3.53. The number of hydrogen-bond acceptors (Lipinski definition) is 3. The fourth-order valence-corrected chi connectivity index (χ4v) is 3.53. The van der Waals surface area contributed by atoms with Crippen LogP contribution in [-0.2, 0) is 11.2 Å². The molecule has 2 aromatic carbocycles. The van der Waals surface area contributed by atoms with E-state index in [0.717, 1.165) is 37.9 Å². The van der Waals surface area contributed by atoms with Gasteiger partial charge in [0.1, 0.15) is 0 Å². The summed E-state index contributed by atoms with van der Waals surface area (Å²) in [6.07, 6.45) is 6.71. The molecule has 0 aromatic heterocycles. The van der Waals surface area contributed by atoms with E-state index in [2.05, 4.69) is 30.3 Å². The molecular formula is C23H27NO3. The van der Waals surface area contributed by atoms with Crippen LogP contribution in [0.2, 0.25) is 0 Å². The van der Waals surface area contributed by atoms with Crippen LogP contribution in [0.3, 0.4) is 0 Å². The van der Waals surface area contributed by atoms with Gasteiger partial charge in [-0.05, 0) is 54.5 Å². The second-order valence-corrected chi connectivity index (χ2v) is 6.91. The summed E-state index contributed by atoms with van der Waals surface area (Å²) in [7, 11) is 3.22. The third-order valence-electron chi connectivity index (χ3n) is 5.12. The molecule has 2 aromatic rings. The second-order valence-electron chi connectivity index (χ2n) is 6.91. The maximum absolute atomic E-state index is 12.5. The van der Waals surface area contributed by atoms with Crippen LogP contribution in [0, 0.1) is 5.92 Å². The van der Waals surface area contributed by atoms with Gasteiger partial charge in [-0.3, -0.25) is 4.79 Å². The van der Waals surface area contributed by atoms with Gasteiger partial charge in [0.05, 0.1) is 14.2 Å². The molecule has 0 unspecified atom stereocenters. The molecule has 1 aliphatic rings. The number of nitrogens with zero attached hydrogens (tertiary/aromatic N) is 1. The van der Waals surface area contributed by atoms with Crippen LogP contribution in [0.4, 0.5) is 0 Å². The number of amides is 1. The number of carbonyl (C=O) groups excluding carboxylic acids is 1. The van der Waals surface area contributed by atoms with E-state index in [1.54, 1.807) is 20.3 Å². The lowest BCUT2D eigenvalue weighted by Gasteiger charge is -2.31. The Kier molecular flexibility index (Phi) is 6.53. The van der Waals surface area contributed by atoms with Crippen LogP contribution in [0.5, 0.6) is 11.5 Å². The number of methoxy groups -OCH3 is 2. The molecule has 1 saturated heterocycles. The van der Waals surface area contributed by atoms with Crippen molar-refractivity contribution in [1.29, 1.82) is 0 Å². The normalized spacial score (nSPS) is 15.1. The molecule has 0 atom stereocenters. The van der Waals surface area contributed by atoms with Crippen molar-refractivity contribution in [3.05, 3.63) is 65.7 Å². The molecule has 27 heavy (non-hydrogen) atoms. The quantitative estimate of drug-likeness (QED) is 0.720. The summed E-state index contributed by atoms with van der Waals surface area (Å²) in [4.78, 5) is 14.4. The van der Waals surface area contributed by atoms with Gasteiger partial charge in [-0.25, -0.2) is 0 Å². The van der Waals surface area contributed by atoms with E-state index >= 15 is 0 Å².